The first-order chi connectivity index (χ1) is 8.79. The minimum absolute atomic E-state index is 0.583. The molecule has 1 aliphatic heterocycles. The molecule has 1 aromatic heterocycles. The Labute approximate surface area is 111 Å². The van der Waals surface area contributed by atoms with Crippen molar-refractivity contribution in [3.63, 3.8) is 0 Å². The summed E-state index contributed by atoms with van der Waals surface area (Å²) >= 11 is 0. The highest BCUT2D eigenvalue weighted by Crippen LogP contribution is 2.19. The smallest absolute Gasteiger partial charge is 0.0312 e. The molecule has 2 unspecified atom stereocenters. The maximum atomic E-state index is 4.15. The van der Waals surface area contributed by atoms with E-state index in [1.165, 1.54) is 38.0 Å². The lowest BCUT2D eigenvalue weighted by Gasteiger charge is -2.35. The van der Waals surface area contributed by atoms with Crippen LogP contribution in [0.2, 0.25) is 0 Å². The maximum absolute atomic E-state index is 4.15. The van der Waals surface area contributed by atoms with Crippen LogP contribution in [0.15, 0.2) is 24.5 Å². The first kappa shape index (κ1) is 13.5. The van der Waals surface area contributed by atoms with Crippen LogP contribution in [0, 0.1) is 5.92 Å². The SMILES string of the molecule is CCN1CCCC(C(C)NCc2cccnc2)C1. The Morgan fingerprint density at radius 3 is 3.17 bits per heavy atom. The summed E-state index contributed by atoms with van der Waals surface area (Å²) < 4.78 is 0. The van der Waals surface area contributed by atoms with Crippen LogP contribution >= 0.6 is 0 Å². The van der Waals surface area contributed by atoms with Gasteiger partial charge in [-0.05, 0) is 50.4 Å². The van der Waals surface area contributed by atoms with Gasteiger partial charge in [-0.15, -0.1) is 0 Å². The Morgan fingerprint density at radius 2 is 2.44 bits per heavy atom. The highest BCUT2D eigenvalue weighted by molar-refractivity contribution is 5.08. The van der Waals surface area contributed by atoms with Gasteiger partial charge in [-0.25, -0.2) is 0 Å². The van der Waals surface area contributed by atoms with E-state index >= 15 is 0 Å². The third-order valence-corrected chi connectivity index (χ3v) is 4.05. The van der Waals surface area contributed by atoms with Crippen molar-refractivity contribution in [2.24, 2.45) is 5.92 Å². The Kier molecular flexibility index (Phi) is 5.14. The van der Waals surface area contributed by atoms with Gasteiger partial charge in [-0.2, -0.15) is 0 Å². The Hall–Kier alpha value is -0.930. The number of aromatic nitrogens is 1. The zero-order chi connectivity index (χ0) is 12.8. The van der Waals surface area contributed by atoms with Gasteiger partial charge >= 0.3 is 0 Å². The molecule has 3 heteroatoms. The van der Waals surface area contributed by atoms with Crippen LogP contribution in [0.4, 0.5) is 0 Å². The molecule has 1 N–H and O–H groups in total. The average Bonchev–Trinajstić information content (AvgIpc) is 2.46. The van der Waals surface area contributed by atoms with Gasteiger partial charge in [-0.1, -0.05) is 13.0 Å². The van der Waals surface area contributed by atoms with Crippen LogP contribution in [0.3, 0.4) is 0 Å². The fourth-order valence-electron chi connectivity index (χ4n) is 2.73. The van der Waals surface area contributed by atoms with Crippen LogP contribution in [-0.2, 0) is 6.54 Å². The highest BCUT2D eigenvalue weighted by Gasteiger charge is 2.23. The van der Waals surface area contributed by atoms with Gasteiger partial charge in [0.1, 0.15) is 0 Å². The van der Waals surface area contributed by atoms with Gasteiger partial charge in [0, 0.05) is 31.5 Å². The third-order valence-electron chi connectivity index (χ3n) is 4.05. The van der Waals surface area contributed by atoms with Gasteiger partial charge < -0.3 is 10.2 Å². The minimum atomic E-state index is 0.583. The van der Waals surface area contributed by atoms with Gasteiger partial charge in [0.2, 0.25) is 0 Å². The molecular weight excluding hydrogens is 222 g/mol. The van der Waals surface area contributed by atoms with Crippen molar-refractivity contribution < 1.29 is 0 Å². The molecule has 18 heavy (non-hydrogen) atoms. The molecule has 0 aromatic carbocycles. The summed E-state index contributed by atoms with van der Waals surface area (Å²) in [5.74, 6) is 0.787. The van der Waals surface area contributed by atoms with E-state index in [1.54, 1.807) is 0 Å². The largest absolute Gasteiger partial charge is 0.310 e. The molecule has 0 saturated carbocycles. The second kappa shape index (κ2) is 6.86. The van der Waals surface area contributed by atoms with E-state index in [4.69, 9.17) is 0 Å². The molecule has 0 spiro atoms. The van der Waals surface area contributed by atoms with E-state index in [2.05, 4.69) is 35.1 Å². The predicted molar refractivity (Wildman–Crippen MR) is 75.4 cm³/mol. The lowest BCUT2D eigenvalue weighted by Crippen LogP contribution is -2.44. The molecule has 3 nitrogen and oxygen atoms in total. The topological polar surface area (TPSA) is 28.2 Å². The Bertz CT molecular complexity index is 339. The van der Waals surface area contributed by atoms with Crippen molar-refractivity contribution in [1.29, 1.82) is 0 Å². The zero-order valence-corrected chi connectivity index (χ0v) is 11.6. The molecule has 1 saturated heterocycles. The summed E-state index contributed by atoms with van der Waals surface area (Å²) in [5, 5.41) is 3.65. The quantitative estimate of drug-likeness (QED) is 0.865. The Morgan fingerprint density at radius 1 is 1.56 bits per heavy atom. The van der Waals surface area contributed by atoms with Gasteiger partial charge in [0.15, 0.2) is 0 Å². The standard InChI is InChI=1S/C15H25N3/c1-3-18-9-5-7-15(12-18)13(2)17-11-14-6-4-8-16-10-14/h4,6,8,10,13,15,17H,3,5,7,9,11-12H2,1-2H3. The van der Waals surface area contributed by atoms with Crippen LogP contribution in [0.5, 0.6) is 0 Å². The first-order valence-corrected chi connectivity index (χ1v) is 7.14. The molecule has 0 bridgehead atoms. The van der Waals surface area contributed by atoms with Crippen LogP contribution in [0.25, 0.3) is 0 Å². The summed E-state index contributed by atoms with van der Waals surface area (Å²) in [6.07, 6.45) is 6.47. The lowest BCUT2D eigenvalue weighted by molar-refractivity contribution is 0.157. The predicted octanol–water partition coefficient (Wildman–Crippen LogP) is 2.29. The molecule has 0 amide bonds. The Balaban J connectivity index is 1.79. The lowest BCUT2D eigenvalue weighted by atomic mass is 9.91. The fourth-order valence-corrected chi connectivity index (χ4v) is 2.73. The van der Waals surface area contributed by atoms with E-state index < -0.39 is 0 Å². The molecule has 1 aliphatic rings. The normalized spacial score (nSPS) is 22.9. The number of pyridine rings is 1. The van der Waals surface area contributed by atoms with Crippen LogP contribution in [-0.4, -0.2) is 35.6 Å². The molecule has 2 rings (SSSR count). The number of piperidine rings is 1. The van der Waals surface area contributed by atoms with Crippen molar-refractivity contribution in [3.05, 3.63) is 30.1 Å². The minimum Gasteiger partial charge on any atom is -0.310 e. The summed E-state index contributed by atoms with van der Waals surface area (Å²) in [6, 6.07) is 4.71. The third kappa shape index (κ3) is 3.79. The molecule has 2 atom stereocenters. The van der Waals surface area contributed by atoms with E-state index in [0.717, 1.165) is 12.5 Å². The molecule has 100 valence electrons. The second-order valence-electron chi connectivity index (χ2n) is 5.33. The molecule has 2 heterocycles. The summed E-state index contributed by atoms with van der Waals surface area (Å²) in [4.78, 5) is 6.72. The number of hydrogen-bond acceptors (Lipinski definition) is 3. The number of likely N-dealkylation sites (tertiary alicyclic amines) is 1. The van der Waals surface area contributed by atoms with Crippen LogP contribution < -0.4 is 5.32 Å². The van der Waals surface area contributed by atoms with Crippen molar-refractivity contribution in [2.75, 3.05) is 19.6 Å². The van der Waals surface area contributed by atoms with Crippen molar-refractivity contribution in [2.45, 2.75) is 39.3 Å². The average molecular weight is 247 g/mol. The zero-order valence-electron chi connectivity index (χ0n) is 11.6. The van der Waals surface area contributed by atoms with Crippen molar-refractivity contribution in [3.8, 4) is 0 Å². The monoisotopic (exact) mass is 247 g/mol. The van der Waals surface area contributed by atoms with E-state index in [0.29, 0.717) is 6.04 Å². The first-order valence-electron chi connectivity index (χ1n) is 7.14. The summed E-state index contributed by atoms with van der Waals surface area (Å²) in [7, 11) is 0. The number of rotatable bonds is 5. The van der Waals surface area contributed by atoms with Crippen molar-refractivity contribution >= 4 is 0 Å². The molecular formula is C15H25N3. The second-order valence-corrected chi connectivity index (χ2v) is 5.33. The fraction of sp³-hybridized carbons (Fsp3) is 0.667. The van der Waals surface area contributed by atoms with Crippen molar-refractivity contribution in [1.82, 2.24) is 15.2 Å². The van der Waals surface area contributed by atoms with Gasteiger partial charge in [0.05, 0.1) is 0 Å². The van der Waals surface area contributed by atoms with E-state index in [-0.39, 0.29) is 0 Å². The maximum Gasteiger partial charge on any atom is 0.0312 e. The van der Waals surface area contributed by atoms with Gasteiger partial charge in [0.25, 0.3) is 0 Å². The summed E-state index contributed by atoms with van der Waals surface area (Å²) in [6.45, 7) is 9.22. The number of nitrogens with zero attached hydrogens (tertiary/aromatic N) is 2. The van der Waals surface area contributed by atoms with Crippen LogP contribution in [0.1, 0.15) is 32.3 Å². The van der Waals surface area contributed by atoms with E-state index in [1.807, 2.05) is 18.5 Å². The molecule has 0 radical (unpaired) electrons. The molecule has 1 fully saturated rings. The summed E-state index contributed by atoms with van der Waals surface area (Å²) in [5.41, 5.74) is 1.27. The van der Waals surface area contributed by atoms with Gasteiger partial charge in [-0.3, -0.25) is 4.98 Å². The molecule has 0 aliphatic carbocycles. The number of nitrogens with one attached hydrogen (secondary N) is 1. The van der Waals surface area contributed by atoms with E-state index in [9.17, 15) is 0 Å². The molecule has 1 aromatic rings. The number of hydrogen-bond donors (Lipinski definition) is 1. The highest BCUT2D eigenvalue weighted by atomic mass is 15.1.